The molecular formula is C23H30N6O. The van der Waals surface area contributed by atoms with Crippen LogP contribution < -0.4 is 15.0 Å². The molecule has 1 aliphatic rings. The Hall–Kier alpha value is -3.22. The van der Waals surface area contributed by atoms with Crippen LogP contribution in [0.25, 0.3) is 5.65 Å². The summed E-state index contributed by atoms with van der Waals surface area (Å²) < 4.78 is 7.35. The van der Waals surface area contributed by atoms with Gasteiger partial charge in [0, 0.05) is 64.3 Å². The number of fused-ring (bicyclic) bond motifs is 1. The topological polar surface area (TPSA) is 57.4 Å². The van der Waals surface area contributed by atoms with Crippen molar-refractivity contribution in [2.75, 3.05) is 51.8 Å². The van der Waals surface area contributed by atoms with Crippen LogP contribution >= 0.6 is 0 Å². The van der Waals surface area contributed by atoms with E-state index in [0.717, 1.165) is 62.2 Å². The molecule has 158 valence electrons. The van der Waals surface area contributed by atoms with Gasteiger partial charge in [-0.1, -0.05) is 6.07 Å². The average molecular weight is 407 g/mol. The number of rotatable bonds is 5. The number of hydrogen-bond acceptors (Lipinski definition) is 4. The molecule has 4 rings (SSSR count). The fourth-order valence-corrected chi connectivity index (χ4v) is 3.93. The van der Waals surface area contributed by atoms with Crippen molar-refractivity contribution in [3.05, 3.63) is 60.0 Å². The first-order valence-electron chi connectivity index (χ1n) is 10.5. The molecule has 7 heteroatoms. The van der Waals surface area contributed by atoms with Gasteiger partial charge in [-0.3, -0.25) is 4.99 Å². The third-order valence-corrected chi connectivity index (χ3v) is 5.62. The van der Waals surface area contributed by atoms with Crippen LogP contribution in [0.1, 0.15) is 11.3 Å². The quantitative estimate of drug-likeness (QED) is 0.521. The molecule has 0 aliphatic carbocycles. The van der Waals surface area contributed by atoms with Crippen LogP contribution in [0.5, 0.6) is 5.75 Å². The molecule has 30 heavy (non-hydrogen) atoms. The molecule has 0 atom stereocenters. The van der Waals surface area contributed by atoms with Crippen molar-refractivity contribution in [3.8, 4) is 5.75 Å². The van der Waals surface area contributed by atoms with Crippen LogP contribution in [0.2, 0.25) is 0 Å². The molecule has 0 unspecified atom stereocenters. The van der Waals surface area contributed by atoms with E-state index in [-0.39, 0.29) is 0 Å². The van der Waals surface area contributed by atoms with Crippen molar-refractivity contribution in [1.29, 1.82) is 0 Å². The number of ether oxygens (including phenoxy) is 1. The second-order valence-corrected chi connectivity index (χ2v) is 7.55. The molecule has 7 nitrogen and oxygen atoms in total. The zero-order valence-corrected chi connectivity index (χ0v) is 18.0. The van der Waals surface area contributed by atoms with Gasteiger partial charge in [0.25, 0.3) is 0 Å². The molecule has 1 fully saturated rings. The van der Waals surface area contributed by atoms with E-state index in [2.05, 4.69) is 61.9 Å². The molecule has 0 saturated carbocycles. The van der Waals surface area contributed by atoms with Crippen molar-refractivity contribution >= 4 is 17.3 Å². The standard InChI is InChI=1S/C23H30N6O/c1-18-5-4-12-29-17-19(26-22(18)29)10-11-25-23(24-2)28-15-13-27(14-16-28)20-6-8-21(30-3)9-7-20/h4-9,12,17H,10-11,13-16H2,1-3H3,(H,24,25). The third kappa shape index (κ3) is 4.35. The van der Waals surface area contributed by atoms with E-state index in [1.54, 1.807) is 7.11 Å². The van der Waals surface area contributed by atoms with Gasteiger partial charge in [-0.2, -0.15) is 0 Å². The number of aromatic nitrogens is 2. The van der Waals surface area contributed by atoms with E-state index >= 15 is 0 Å². The largest absolute Gasteiger partial charge is 0.497 e. The highest BCUT2D eigenvalue weighted by atomic mass is 16.5. The molecule has 3 aromatic rings. The molecule has 0 amide bonds. The zero-order chi connectivity index (χ0) is 20.9. The number of aryl methyl sites for hydroxylation is 1. The number of guanidine groups is 1. The Labute approximate surface area is 178 Å². The summed E-state index contributed by atoms with van der Waals surface area (Å²) in [6.07, 6.45) is 5.03. The summed E-state index contributed by atoms with van der Waals surface area (Å²) in [5, 5.41) is 3.51. The van der Waals surface area contributed by atoms with E-state index in [0.29, 0.717) is 0 Å². The van der Waals surface area contributed by atoms with Gasteiger partial charge < -0.3 is 24.3 Å². The summed E-state index contributed by atoms with van der Waals surface area (Å²) in [6.45, 7) is 6.74. The summed E-state index contributed by atoms with van der Waals surface area (Å²) in [5.41, 5.74) is 4.56. The number of hydrogen-bond donors (Lipinski definition) is 1. The van der Waals surface area contributed by atoms with Crippen LogP contribution in [0.15, 0.2) is 53.8 Å². The Morgan fingerprint density at radius 2 is 1.90 bits per heavy atom. The smallest absolute Gasteiger partial charge is 0.193 e. The number of benzene rings is 1. The molecule has 2 aromatic heterocycles. The van der Waals surface area contributed by atoms with Crippen LogP contribution in [-0.4, -0.2) is 67.1 Å². The first-order valence-corrected chi connectivity index (χ1v) is 10.5. The molecule has 0 bridgehead atoms. The molecule has 0 radical (unpaired) electrons. The van der Waals surface area contributed by atoms with Crippen LogP contribution in [0.4, 0.5) is 5.69 Å². The molecule has 1 saturated heterocycles. The van der Waals surface area contributed by atoms with E-state index in [9.17, 15) is 0 Å². The van der Waals surface area contributed by atoms with Gasteiger partial charge in [-0.15, -0.1) is 0 Å². The number of pyridine rings is 1. The lowest BCUT2D eigenvalue weighted by Gasteiger charge is -2.37. The van der Waals surface area contributed by atoms with Gasteiger partial charge in [0.15, 0.2) is 5.96 Å². The highest BCUT2D eigenvalue weighted by Crippen LogP contribution is 2.20. The molecule has 1 N–H and O–H groups in total. The number of nitrogens with one attached hydrogen (secondary N) is 1. The van der Waals surface area contributed by atoms with Crippen molar-refractivity contribution in [2.45, 2.75) is 13.3 Å². The van der Waals surface area contributed by atoms with Gasteiger partial charge in [0.2, 0.25) is 0 Å². The Morgan fingerprint density at radius 1 is 1.13 bits per heavy atom. The monoisotopic (exact) mass is 406 g/mol. The third-order valence-electron chi connectivity index (χ3n) is 5.62. The number of piperazine rings is 1. The second-order valence-electron chi connectivity index (χ2n) is 7.55. The first-order chi connectivity index (χ1) is 14.7. The Bertz CT molecular complexity index is 1000. The Kier molecular flexibility index (Phi) is 6.07. The van der Waals surface area contributed by atoms with Crippen molar-refractivity contribution in [2.24, 2.45) is 4.99 Å². The fourth-order valence-electron chi connectivity index (χ4n) is 3.93. The Morgan fingerprint density at radius 3 is 2.57 bits per heavy atom. The number of aliphatic imine (C=N–C) groups is 1. The van der Waals surface area contributed by atoms with E-state index in [1.807, 2.05) is 25.4 Å². The van der Waals surface area contributed by atoms with E-state index in [4.69, 9.17) is 9.72 Å². The number of anilines is 1. The van der Waals surface area contributed by atoms with Gasteiger partial charge in [-0.25, -0.2) is 4.98 Å². The maximum Gasteiger partial charge on any atom is 0.193 e. The average Bonchev–Trinajstić information content (AvgIpc) is 3.21. The molecule has 3 heterocycles. The van der Waals surface area contributed by atoms with Crippen LogP contribution in [-0.2, 0) is 6.42 Å². The first kappa shape index (κ1) is 20.1. The van der Waals surface area contributed by atoms with Gasteiger partial charge in [0.05, 0.1) is 12.8 Å². The molecule has 1 aliphatic heterocycles. The van der Waals surface area contributed by atoms with Crippen LogP contribution in [0.3, 0.4) is 0 Å². The minimum atomic E-state index is 0.814. The SMILES string of the molecule is CN=C(NCCc1cn2cccc(C)c2n1)N1CCN(c2ccc(OC)cc2)CC1. The summed E-state index contributed by atoms with van der Waals surface area (Å²) in [6, 6.07) is 12.4. The number of imidazole rings is 1. The summed E-state index contributed by atoms with van der Waals surface area (Å²) in [5.74, 6) is 1.85. The van der Waals surface area contributed by atoms with Gasteiger partial charge in [-0.05, 0) is 42.8 Å². The van der Waals surface area contributed by atoms with E-state index in [1.165, 1.54) is 11.3 Å². The summed E-state index contributed by atoms with van der Waals surface area (Å²) >= 11 is 0. The number of nitrogens with zero attached hydrogens (tertiary/aromatic N) is 5. The summed E-state index contributed by atoms with van der Waals surface area (Å²) in [7, 11) is 3.55. The predicted molar refractivity (Wildman–Crippen MR) is 122 cm³/mol. The fraction of sp³-hybridized carbons (Fsp3) is 0.391. The lowest BCUT2D eigenvalue weighted by molar-refractivity contribution is 0.372. The maximum atomic E-state index is 5.26. The lowest BCUT2D eigenvalue weighted by Crippen LogP contribution is -2.52. The van der Waals surface area contributed by atoms with Crippen molar-refractivity contribution < 1.29 is 4.74 Å². The minimum Gasteiger partial charge on any atom is -0.497 e. The number of methoxy groups -OCH3 is 1. The van der Waals surface area contributed by atoms with Gasteiger partial charge >= 0.3 is 0 Å². The highest BCUT2D eigenvalue weighted by molar-refractivity contribution is 5.80. The minimum absolute atomic E-state index is 0.814. The Balaban J connectivity index is 1.28. The second kappa shape index (κ2) is 9.07. The van der Waals surface area contributed by atoms with Crippen molar-refractivity contribution in [3.63, 3.8) is 0 Å². The molecular weight excluding hydrogens is 376 g/mol. The highest BCUT2D eigenvalue weighted by Gasteiger charge is 2.19. The summed E-state index contributed by atoms with van der Waals surface area (Å²) in [4.78, 5) is 14.0. The van der Waals surface area contributed by atoms with Crippen molar-refractivity contribution in [1.82, 2.24) is 19.6 Å². The van der Waals surface area contributed by atoms with Crippen LogP contribution in [0, 0.1) is 6.92 Å². The lowest BCUT2D eigenvalue weighted by atomic mass is 10.2. The normalized spacial score (nSPS) is 15.0. The predicted octanol–water partition coefficient (Wildman–Crippen LogP) is 2.59. The molecule has 0 spiro atoms. The zero-order valence-electron chi connectivity index (χ0n) is 18.0. The maximum absolute atomic E-state index is 5.26. The van der Waals surface area contributed by atoms with Gasteiger partial charge in [0.1, 0.15) is 11.4 Å². The molecule has 1 aromatic carbocycles. The van der Waals surface area contributed by atoms with E-state index < -0.39 is 0 Å².